The molecule has 0 aliphatic rings. The third kappa shape index (κ3) is 2.99. The summed E-state index contributed by atoms with van der Waals surface area (Å²) in [6, 6.07) is 14.6. The van der Waals surface area contributed by atoms with Gasteiger partial charge in [0.05, 0.1) is 17.3 Å². The lowest BCUT2D eigenvalue weighted by molar-refractivity contribution is 0.603. The molecule has 7 heteroatoms. The number of nitrogens with one attached hydrogen (secondary N) is 1. The highest BCUT2D eigenvalue weighted by Crippen LogP contribution is 2.34. The summed E-state index contributed by atoms with van der Waals surface area (Å²) in [6.07, 6.45) is 3.03. The van der Waals surface area contributed by atoms with Crippen LogP contribution in [0.3, 0.4) is 0 Å². The molecule has 3 N–H and O–H groups in total. The van der Waals surface area contributed by atoms with Crippen molar-refractivity contribution in [2.24, 2.45) is 5.14 Å². The molecule has 0 atom stereocenters. The molecule has 0 fully saturated rings. The summed E-state index contributed by atoms with van der Waals surface area (Å²) in [7, 11) is -3.90. The van der Waals surface area contributed by atoms with E-state index in [-0.39, 0.29) is 0 Å². The minimum absolute atomic E-state index is 0.331. The van der Waals surface area contributed by atoms with Gasteiger partial charge < -0.3 is 0 Å². The zero-order valence-corrected chi connectivity index (χ0v) is 12.7. The number of anilines is 1. The van der Waals surface area contributed by atoms with Gasteiger partial charge in [0.25, 0.3) is 10.2 Å². The first-order valence-electron chi connectivity index (χ1n) is 6.66. The number of nitriles is 1. The fourth-order valence-corrected chi connectivity index (χ4v) is 2.97. The van der Waals surface area contributed by atoms with Crippen molar-refractivity contribution >= 4 is 26.7 Å². The van der Waals surface area contributed by atoms with Gasteiger partial charge in [-0.15, -0.1) is 0 Å². The van der Waals surface area contributed by atoms with Crippen LogP contribution in [0.4, 0.5) is 5.69 Å². The summed E-state index contributed by atoms with van der Waals surface area (Å²) in [5, 5.41) is 15.9. The average Bonchev–Trinajstić information content (AvgIpc) is 2.53. The minimum atomic E-state index is -3.90. The lowest BCUT2D eigenvalue weighted by Gasteiger charge is -2.13. The number of aromatic nitrogens is 1. The Kier molecular flexibility index (Phi) is 3.70. The third-order valence-electron chi connectivity index (χ3n) is 3.41. The zero-order valence-electron chi connectivity index (χ0n) is 11.9. The number of nitrogens with zero attached hydrogens (tertiary/aromatic N) is 2. The SMILES string of the molecule is N#Cc1ccc(-c2cnccc2NS(N)(=O)=O)c2ccccc12. The van der Waals surface area contributed by atoms with Gasteiger partial charge in [0.1, 0.15) is 0 Å². The van der Waals surface area contributed by atoms with E-state index in [4.69, 9.17) is 5.14 Å². The summed E-state index contributed by atoms with van der Waals surface area (Å²) in [5.74, 6) is 0. The fraction of sp³-hybridized carbons (Fsp3) is 0. The Bertz CT molecular complexity index is 1040. The minimum Gasteiger partial charge on any atom is -0.271 e. The highest BCUT2D eigenvalue weighted by atomic mass is 32.2. The van der Waals surface area contributed by atoms with Crippen LogP contribution in [0.15, 0.2) is 54.9 Å². The molecule has 0 saturated carbocycles. The highest BCUT2D eigenvalue weighted by Gasteiger charge is 2.13. The van der Waals surface area contributed by atoms with E-state index in [9.17, 15) is 13.7 Å². The molecule has 3 rings (SSSR count). The van der Waals surface area contributed by atoms with E-state index >= 15 is 0 Å². The molecule has 114 valence electrons. The Hall–Kier alpha value is -2.95. The van der Waals surface area contributed by atoms with Crippen molar-refractivity contribution in [3.63, 3.8) is 0 Å². The average molecular weight is 324 g/mol. The van der Waals surface area contributed by atoms with Gasteiger partial charge in [0.15, 0.2) is 0 Å². The number of rotatable bonds is 3. The predicted molar refractivity (Wildman–Crippen MR) is 88.6 cm³/mol. The van der Waals surface area contributed by atoms with E-state index in [2.05, 4.69) is 15.8 Å². The molecule has 0 spiro atoms. The molecule has 1 heterocycles. The zero-order chi connectivity index (χ0) is 16.4. The van der Waals surface area contributed by atoms with Crippen molar-refractivity contribution in [1.29, 1.82) is 5.26 Å². The van der Waals surface area contributed by atoms with Crippen molar-refractivity contribution in [2.45, 2.75) is 0 Å². The van der Waals surface area contributed by atoms with Crippen LogP contribution in [0.2, 0.25) is 0 Å². The van der Waals surface area contributed by atoms with Crippen molar-refractivity contribution < 1.29 is 8.42 Å². The van der Waals surface area contributed by atoms with Gasteiger partial charge in [-0.1, -0.05) is 30.3 Å². The standard InChI is InChI=1S/C16H12N4O2S/c17-9-11-5-6-14(13-4-2-1-3-12(11)13)15-10-19-8-7-16(15)20-23(18,21)22/h1-8,10H,(H,19,20)(H2,18,21,22). The summed E-state index contributed by atoms with van der Waals surface area (Å²) < 4.78 is 25.0. The van der Waals surface area contributed by atoms with Crippen LogP contribution in [0, 0.1) is 11.3 Å². The van der Waals surface area contributed by atoms with E-state index < -0.39 is 10.2 Å². The first-order chi connectivity index (χ1) is 11.0. The molecular weight excluding hydrogens is 312 g/mol. The Morgan fingerprint density at radius 2 is 1.78 bits per heavy atom. The normalized spacial score (nSPS) is 11.1. The van der Waals surface area contributed by atoms with Gasteiger partial charge in [-0.05, 0) is 23.1 Å². The quantitative estimate of drug-likeness (QED) is 0.771. The summed E-state index contributed by atoms with van der Waals surface area (Å²) >= 11 is 0. The van der Waals surface area contributed by atoms with Crippen LogP contribution in [0.1, 0.15) is 5.56 Å². The molecule has 0 unspecified atom stereocenters. The van der Waals surface area contributed by atoms with Crippen LogP contribution >= 0.6 is 0 Å². The number of benzene rings is 2. The monoisotopic (exact) mass is 324 g/mol. The highest BCUT2D eigenvalue weighted by molar-refractivity contribution is 7.90. The predicted octanol–water partition coefficient (Wildman–Crippen LogP) is 2.39. The molecule has 23 heavy (non-hydrogen) atoms. The third-order valence-corrected chi connectivity index (χ3v) is 3.91. The molecule has 0 bridgehead atoms. The molecule has 0 radical (unpaired) electrons. The van der Waals surface area contributed by atoms with Gasteiger partial charge in [0.2, 0.25) is 0 Å². The summed E-state index contributed by atoms with van der Waals surface area (Å²) in [4.78, 5) is 4.06. The number of fused-ring (bicyclic) bond motifs is 1. The maximum Gasteiger partial charge on any atom is 0.296 e. The van der Waals surface area contributed by atoms with E-state index in [0.29, 0.717) is 16.8 Å². The fourth-order valence-electron chi connectivity index (χ4n) is 2.48. The number of hydrogen-bond acceptors (Lipinski definition) is 4. The Morgan fingerprint density at radius 1 is 1.04 bits per heavy atom. The Labute approximate surface area is 133 Å². The second kappa shape index (κ2) is 5.68. The van der Waals surface area contributed by atoms with E-state index in [1.165, 1.54) is 12.3 Å². The molecule has 0 amide bonds. The first kappa shape index (κ1) is 15.0. The first-order valence-corrected chi connectivity index (χ1v) is 8.21. The molecule has 0 aliphatic heterocycles. The second-order valence-electron chi connectivity index (χ2n) is 4.89. The number of nitrogens with two attached hydrogens (primary N) is 1. The number of hydrogen-bond donors (Lipinski definition) is 2. The van der Waals surface area contributed by atoms with E-state index in [1.54, 1.807) is 18.3 Å². The van der Waals surface area contributed by atoms with Crippen LogP contribution in [0.25, 0.3) is 21.9 Å². The molecular formula is C16H12N4O2S. The second-order valence-corrected chi connectivity index (χ2v) is 6.18. The molecule has 1 aromatic heterocycles. The summed E-state index contributed by atoms with van der Waals surface area (Å²) in [6.45, 7) is 0. The van der Waals surface area contributed by atoms with Crippen LogP contribution in [-0.4, -0.2) is 13.4 Å². The maximum absolute atomic E-state index is 11.4. The lowest BCUT2D eigenvalue weighted by atomic mass is 9.95. The van der Waals surface area contributed by atoms with Gasteiger partial charge in [-0.25, -0.2) is 5.14 Å². The van der Waals surface area contributed by atoms with Crippen LogP contribution < -0.4 is 9.86 Å². The van der Waals surface area contributed by atoms with Gasteiger partial charge in [-0.3, -0.25) is 9.71 Å². The van der Waals surface area contributed by atoms with E-state index in [1.807, 2.05) is 24.3 Å². The molecule has 3 aromatic rings. The van der Waals surface area contributed by atoms with Gasteiger partial charge in [-0.2, -0.15) is 13.7 Å². The van der Waals surface area contributed by atoms with Crippen molar-refractivity contribution in [3.8, 4) is 17.2 Å². The molecule has 0 saturated heterocycles. The van der Waals surface area contributed by atoms with Gasteiger partial charge >= 0.3 is 0 Å². The summed E-state index contributed by atoms with van der Waals surface area (Å²) in [5.41, 5.74) is 2.23. The molecule has 0 aliphatic carbocycles. The van der Waals surface area contributed by atoms with Crippen LogP contribution in [0.5, 0.6) is 0 Å². The molecule has 6 nitrogen and oxygen atoms in total. The van der Waals surface area contributed by atoms with Gasteiger partial charge in [0, 0.05) is 23.3 Å². The van der Waals surface area contributed by atoms with Crippen molar-refractivity contribution in [3.05, 3.63) is 60.4 Å². The maximum atomic E-state index is 11.4. The largest absolute Gasteiger partial charge is 0.296 e. The molecule has 2 aromatic carbocycles. The topological polar surface area (TPSA) is 109 Å². The Morgan fingerprint density at radius 3 is 2.48 bits per heavy atom. The van der Waals surface area contributed by atoms with Crippen molar-refractivity contribution in [2.75, 3.05) is 4.72 Å². The smallest absolute Gasteiger partial charge is 0.271 e. The van der Waals surface area contributed by atoms with Crippen molar-refractivity contribution in [1.82, 2.24) is 4.98 Å². The lowest BCUT2D eigenvalue weighted by Crippen LogP contribution is -2.22. The Balaban J connectivity index is 2.29. The van der Waals surface area contributed by atoms with Crippen LogP contribution in [-0.2, 0) is 10.2 Å². The number of pyridine rings is 1. The van der Waals surface area contributed by atoms with E-state index in [0.717, 1.165) is 16.3 Å².